The highest BCUT2D eigenvalue weighted by molar-refractivity contribution is 4.63. The van der Waals surface area contributed by atoms with Crippen LogP contribution >= 0.6 is 0 Å². The average Bonchev–Trinajstić information content (AvgIpc) is 1.90. The van der Waals surface area contributed by atoms with Crippen molar-refractivity contribution in [3.63, 3.8) is 0 Å². The van der Waals surface area contributed by atoms with Crippen molar-refractivity contribution in [2.75, 3.05) is 6.61 Å². The molecule has 0 heterocycles. The minimum atomic E-state index is -0.585. The van der Waals surface area contributed by atoms with Crippen molar-refractivity contribution >= 4 is 0 Å². The molecular formula is C8H21NO2. The third kappa shape index (κ3) is 17.7. The summed E-state index contributed by atoms with van der Waals surface area (Å²) in [5, 5.41) is 9.15. The maximum Gasteiger partial charge on any atom is 0.0680 e. The Balaban J connectivity index is 0. The molecule has 0 atom stereocenters. The van der Waals surface area contributed by atoms with E-state index in [1.165, 1.54) is 0 Å². The van der Waals surface area contributed by atoms with Crippen LogP contribution in [0.4, 0.5) is 0 Å². The lowest BCUT2D eigenvalue weighted by atomic mass is 10.0. The molecule has 0 aliphatic carbocycles. The molecule has 3 N–H and O–H groups in total. The quantitative estimate of drug-likeness (QED) is 0.487. The highest BCUT2D eigenvalue weighted by atomic mass is 16.6. The molecule has 0 aromatic carbocycles. The lowest BCUT2D eigenvalue weighted by molar-refractivity contribution is 0.0522. The van der Waals surface area contributed by atoms with Crippen LogP contribution in [-0.4, -0.2) is 17.3 Å². The van der Waals surface area contributed by atoms with Gasteiger partial charge in [0.25, 0.3) is 0 Å². The van der Waals surface area contributed by atoms with Gasteiger partial charge in [0.1, 0.15) is 0 Å². The van der Waals surface area contributed by atoms with E-state index in [1.807, 2.05) is 13.8 Å². The Hall–Kier alpha value is -0.120. The topological polar surface area (TPSA) is 55.5 Å². The summed E-state index contributed by atoms with van der Waals surface area (Å²) in [7, 11) is 0. The second-order valence-electron chi connectivity index (χ2n) is 2.79. The molecular weight excluding hydrogens is 142 g/mol. The van der Waals surface area contributed by atoms with Gasteiger partial charge < -0.3 is 9.94 Å². The molecule has 0 rings (SSSR count). The molecule has 0 aliphatic heterocycles. The molecule has 0 spiro atoms. The van der Waals surface area contributed by atoms with Crippen LogP contribution in [-0.2, 0) is 4.84 Å². The van der Waals surface area contributed by atoms with Crippen molar-refractivity contribution in [1.82, 2.24) is 0 Å². The fourth-order valence-electron chi connectivity index (χ4n) is 0.588. The molecule has 70 valence electrons. The lowest BCUT2D eigenvalue weighted by Crippen LogP contribution is -2.19. The Morgan fingerprint density at radius 1 is 1.36 bits per heavy atom. The van der Waals surface area contributed by atoms with E-state index in [0.717, 1.165) is 12.8 Å². The van der Waals surface area contributed by atoms with Gasteiger partial charge in [-0.2, -0.15) is 0 Å². The zero-order valence-corrected chi connectivity index (χ0v) is 8.05. The Morgan fingerprint density at radius 2 is 1.82 bits per heavy atom. The first kappa shape index (κ1) is 13.5. The van der Waals surface area contributed by atoms with Crippen LogP contribution in [0.15, 0.2) is 0 Å². The summed E-state index contributed by atoms with van der Waals surface area (Å²) in [5.41, 5.74) is -0.585. The van der Waals surface area contributed by atoms with Crippen molar-refractivity contribution in [1.29, 1.82) is 0 Å². The standard InChI is InChI=1S/C6H15NO2.C2H6/c1-6(2,8)4-3-5-9-7;1-2/h8H,3-5,7H2,1-2H3;1-2H3. The van der Waals surface area contributed by atoms with Crippen LogP contribution in [0.1, 0.15) is 40.5 Å². The van der Waals surface area contributed by atoms with E-state index in [-0.39, 0.29) is 0 Å². The molecule has 0 aromatic heterocycles. The molecule has 3 nitrogen and oxygen atoms in total. The highest BCUT2D eigenvalue weighted by Crippen LogP contribution is 2.08. The molecule has 0 fully saturated rings. The van der Waals surface area contributed by atoms with Gasteiger partial charge in [-0.05, 0) is 26.7 Å². The van der Waals surface area contributed by atoms with Crippen molar-refractivity contribution in [2.45, 2.75) is 46.1 Å². The predicted octanol–water partition coefficient (Wildman–Crippen LogP) is 1.45. The van der Waals surface area contributed by atoms with E-state index >= 15 is 0 Å². The first-order valence-corrected chi connectivity index (χ1v) is 4.10. The smallest absolute Gasteiger partial charge is 0.0680 e. The van der Waals surface area contributed by atoms with Gasteiger partial charge in [0.05, 0.1) is 12.2 Å². The average molecular weight is 163 g/mol. The zero-order chi connectivity index (χ0) is 9.33. The normalized spacial score (nSPS) is 10.4. The SMILES string of the molecule is CC.CC(C)(O)CCCON. The fourth-order valence-corrected chi connectivity index (χ4v) is 0.588. The Labute approximate surface area is 69.5 Å². The van der Waals surface area contributed by atoms with E-state index in [2.05, 4.69) is 4.84 Å². The fraction of sp³-hybridized carbons (Fsp3) is 1.00. The molecule has 0 aliphatic rings. The van der Waals surface area contributed by atoms with Crippen LogP contribution in [0.3, 0.4) is 0 Å². The number of aliphatic hydroxyl groups is 1. The van der Waals surface area contributed by atoms with E-state index in [0.29, 0.717) is 6.61 Å². The third-order valence-corrected chi connectivity index (χ3v) is 1.05. The first-order chi connectivity index (χ1) is 5.06. The van der Waals surface area contributed by atoms with Gasteiger partial charge in [-0.3, -0.25) is 0 Å². The maximum atomic E-state index is 9.15. The molecule has 0 saturated carbocycles. The van der Waals surface area contributed by atoms with E-state index in [1.54, 1.807) is 13.8 Å². The van der Waals surface area contributed by atoms with E-state index in [4.69, 9.17) is 11.0 Å². The minimum Gasteiger partial charge on any atom is -0.390 e. The highest BCUT2D eigenvalue weighted by Gasteiger charge is 2.10. The van der Waals surface area contributed by atoms with Gasteiger partial charge >= 0.3 is 0 Å². The number of nitrogens with two attached hydrogens (primary N) is 1. The second kappa shape index (κ2) is 7.98. The monoisotopic (exact) mass is 163 g/mol. The van der Waals surface area contributed by atoms with Crippen LogP contribution in [0.2, 0.25) is 0 Å². The summed E-state index contributed by atoms with van der Waals surface area (Å²) in [6.07, 6.45) is 1.53. The summed E-state index contributed by atoms with van der Waals surface area (Å²) < 4.78 is 0. The summed E-state index contributed by atoms with van der Waals surface area (Å²) in [4.78, 5) is 4.33. The third-order valence-electron chi connectivity index (χ3n) is 1.05. The predicted molar refractivity (Wildman–Crippen MR) is 47.0 cm³/mol. The summed E-state index contributed by atoms with van der Waals surface area (Å²) in [6.45, 7) is 8.05. The van der Waals surface area contributed by atoms with Gasteiger partial charge in [-0.1, -0.05) is 13.8 Å². The molecule has 0 aromatic rings. The van der Waals surface area contributed by atoms with E-state index in [9.17, 15) is 0 Å². The van der Waals surface area contributed by atoms with Crippen molar-refractivity contribution in [2.24, 2.45) is 5.90 Å². The van der Waals surface area contributed by atoms with Gasteiger partial charge in [0.2, 0.25) is 0 Å². The lowest BCUT2D eigenvalue weighted by Gasteiger charge is -2.15. The number of rotatable bonds is 4. The summed E-state index contributed by atoms with van der Waals surface area (Å²) in [5.74, 6) is 4.78. The van der Waals surface area contributed by atoms with Crippen LogP contribution in [0.25, 0.3) is 0 Å². The summed E-state index contributed by atoms with van der Waals surface area (Å²) >= 11 is 0. The largest absolute Gasteiger partial charge is 0.390 e. The molecule has 11 heavy (non-hydrogen) atoms. The van der Waals surface area contributed by atoms with E-state index < -0.39 is 5.60 Å². The van der Waals surface area contributed by atoms with Gasteiger partial charge in [-0.15, -0.1) is 0 Å². The van der Waals surface area contributed by atoms with Gasteiger partial charge in [0.15, 0.2) is 0 Å². The van der Waals surface area contributed by atoms with Crippen LogP contribution < -0.4 is 5.90 Å². The van der Waals surface area contributed by atoms with Crippen LogP contribution in [0, 0.1) is 0 Å². The maximum absolute atomic E-state index is 9.15. The number of hydrogen-bond donors (Lipinski definition) is 2. The van der Waals surface area contributed by atoms with Crippen LogP contribution in [0.5, 0.6) is 0 Å². The molecule has 3 heteroatoms. The first-order valence-electron chi connectivity index (χ1n) is 4.10. The summed E-state index contributed by atoms with van der Waals surface area (Å²) in [6, 6.07) is 0. The Morgan fingerprint density at radius 3 is 2.09 bits per heavy atom. The van der Waals surface area contributed by atoms with Crippen molar-refractivity contribution < 1.29 is 9.94 Å². The van der Waals surface area contributed by atoms with Gasteiger partial charge in [-0.25, -0.2) is 5.90 Å². The van der Waals surface area contributed by atoms with Gasteiger partial charge in [0, 0.05) is 0 Å². The Bertz CT molecular complexity index is 69.0. The second-order valence-corrected chi connectivity index (χ2v) is 2.79. The van der Waals surface area contributed by atoms with Crippen molar-refractivity contribution in [3.8, 4) is 0 Å². The van der Waals surface area contributed by atoms with Crippen molar-refractivity contribution in [3.05, 3.63) is 0 Å². The molecule has 0 unspecified atom stereocenters. The molecule has 0 radical (unpaired) electrons. The number of hydrogen-bond acceptors (Lipinski definition) is 3. The molecule has 0 amide bonds. The zero-order valence-electron chi connectivity index (χ0n) is 8.05. The molecule has 0 saturated heterocycles. The minimum absolute atomic E-state index is 0.518. The Kier molecular flexibility index (Phi) is 9.77. The molecule has 0 bridgehead atoms.